The summed E-state index contributed by atoms with van der Waals surface area (Å²) in [5.74, 6) is -2.55. The van der Waals surface area contributed by atoms with Crippen molar-refractivity contribution in [2.45, 2.75) is 19.6 Å². The van der Waals surface area contributed by atoms with E-state index in [4.69, 9.17) is 11.6 Å². The second-order valence-corrected chi connectivity index (χ2v) is 8.77. The maximum atomic E-state index is 13.5. The first-order valence-electron chi connectivity index (χ1n) is 11.0. The summed E-state index contributed by atoms with van der Waals surface area (Å²) in [6.45, 7) is 1.26. The number of hydrogen-bond acceptors (Lipinski definition) is 8. The summed E-state index contributed by atoms with van der Waals surface area (Å²) in [4.78, 5) is 32.5. The van der Waals surface area contributed by atoms with Crippen LogP contribution in [0, 0.1) is 18.3 Å². The number of rotatable bonds is 6. The number of tetrazole rings is 1. The summed E-state index contributed by atoms with van der Waals surface area (Å²) in [6, 6.07) is 9.22. The Morgan fingerprint density at radius 2 is 1.95 bits per heavy atom. The van der Waals surface area contributed by atoms with E-state index in [2.05, 4.69) is 30.8 Å². The first-order chi connectivity index (χ1) is 18.4. The monoisotopic (exact) mass is 558 g/mol. The van der Waals surface area contributed by atoms with Gasteiger partial charge in [-0.3, -0.25) is 9.59 Å². The first-order valence-corrected chi connectivity index (χ1v) is 11.4. The molecule has 1 aromatic carbocycles. The molecule has 2 amide bonds. The Bertz CT molecular complexity index is 1620. The van der Waals surface area contributed by atoms with Gasteiger partial charge in [0.15, 0.2) is 5.82 Å². The number of hydrogen-bond donors (Lipinski definition) is 1. The molecular weight excluding hydrogens is 541 g/mol. The van der Waals surface area contributed by atoms with Crippen LogP contribution < -0.4 is 5.32 Å². The summed E-state index contributed by atoms with van der Waals surface area (Å²) in [5.41, 5.74) is 0.899. The van der Waals surface area contributed by atoms with Gasteiger partial charge < -0.3 is 10.2 Å². The number of pyridine rings is 1. The fourth-order valence-electron chi connectivity index (χ4n) is 3.54. The number of carbonyl (C=O) groups excluding carboxylic acids is 2. The van der Waals surface area contributed by atoms with Gasteiger partial charge in [0.2, 0.25) is 0 Å². The number of benzene rings is 1. The van der Waals surface area contributed by atoms with Crippen LogP contribution in [-0.4, -0.2) is 65.8 Å². The van der Waals surface area contributed by atoms with Gasteiger partial charge in [-0.25, -0.2) is 9.67 Å². The number of aryl methyl sites for hydroxylation is 1. The molecule has 1 N–H and O–H groups in total. The molecule has 0 atom stereocenters. The zero-order valence-electron chi connectivity index (χ0n) is 20.5. The predicted octanol–water partition coefficient (Wildman–Crippen LogP) is 3.11. The summed E-state index contributed by atoms with van der Waals surface area (Å²) in [6.07, 6.45) is -3.37. The number of nitrogens with one attached hydrogen (secondary N) is 1. The van der Waals surface area contributed by atoms with Crippen LogP contribution in [0.3, 0.4) is 0 Å². The van der Waals surface area contributed by atoms with Gasteiger partial charge in [0.05, 0.1) is 33.6 Å². The third kappa shape index (κ3) is 5.70. The van der Waals surface area contributed by atoms with Crippen molar-refractivity contribution in [1.29, 1.82) is 5.26 Å². The number of anilines is 1. The Labute approximate surface area is 223 Å². The van der Waals surface area contributed by atoms with Crippen molar-refractivity contribution >= 4 is 29.1 Å². The normalized spacial score (nSPS) is 11.2. The van der Waals surface area contributed by atoms with Crippen molar-refractivity contribution in [3.05, 3.63) is 75.5 Å². The van der Waals surface area contributed by atoms with Gasteiger partial charge in [-0.05, 0) is 48.0 Å². The van der Waals surface area contributed by atoms with Crippen molar-refractivity contribution in [3.8, 4) is 11.9 Å². The van der Waals surface area contributed by atoms with Gasteiger partial charge in [0, 0.05) is 20.3 Å². The fourth-order valence-corrected chi connectivity index (χ4v) is 3.74. The van der Waals surface area contributed by atoms with E-state index in [1.165, 1.54) is 49.5 Å². The molecule has 0 unspecified atom stereocenters. The number of nitrogens with zero attached hydrogens (tertiary/aromatic N) is 9. The highest BCUT2D eigenvalue weighted by Crippen LogP contribution is 2.27. The highest BCUT2D eigenvalue weighted by molar-refractivity contribution is 6.32. The molecule has 39 heavy (non-hydrogen) atoms. The highest BCUT2D eigenvalue weighted by atomic mass is 35.5. The van der Waals surface area contributed by atoms with Crippen LogP contribution in [0.4, 0.5) is 18.9 Å². The molecule has 0 radical (unpaired) electrons. The lowest BCUT2D eigenvalue weighted by atomic mass is 10.0. The maximum Gasteiger partial charge on any atom is 0.455 e. The fraction of sp³-hybridized carbons (Fsp3) is 0.217. The Balaban J connectivity index is 1.77. The van der Waals surface area contributed by atoms with Crippen molar-refractivity contribution in [1.82, 2.24) is 39.9 Å². The Morgan fingerprint density at radius 3 is 2.56 bits per heavy atom. The van der Waals surface area contributed by atoms with Gasteiger partial charge in [-0.1, -0.05) is 11.6 Å². The van der Waals surface area contributed by atoms with E-state index >= 15 is 0 Å². The molecule has 4 aromatic rings. The predicted molar refractivity (Wildman–Crippen MR) is 130 cm³/mol. The lowest BCUT2D eigenvalue weighted by molar-refractivity contribution is -0.145. The number of aromatic nitrogens is 7. The molecule has 3 aromatic heterocycles. The second-order valence-electron chi connectivity index (χ2n) is 8.36. The molecular formula is C23H18ClF3N10O2. The smallest absolute Gasteiger partial charge is 0.345 e. The summed E-state index contributed by atoms with van der Waals surface area (Å²) in [7, 11) is 3.05. The van der Waals surface area contributed by atoms with Crippen molar-refractivity contribution in [2.75, 3.05) is 19.4 Å². The third-order valence-electron chi connectivity index (χ3n) is 5.28. The largest absolute Gasteiger partial charge is 0.455 e. The van der Waals surface area contributed by atoms with Crippen LogP contribution in [-0.2, 0) is 12.7 Å². The molecule has 12 nitrogen and oxygen atoms in total. The number of nitriles is 1. The van der Waals surface area contributed by atoms with E-state index in [1.807, 2.05) is 6.07 Å². The van der Waals surface area contributed by atoms with Gasteiger partial charge in [-0.2, -0.15) is 28.3 Å². The standard InChI is InChI=1S/C23H18ClF3N10O2/c1-12-7-13(10-28)8-15(21(39)35(2)3)18(12)30-20(38)17-9-14(11-36-33-22(31-34-36)23(25,26)27)32-37(17)19-16(24)5-4-6-29-19/h4-9H,11H2,1-3H3,(H,30,38). The SMILES string of the molecule is Cc1cc(C#N)cc(C(=O)N(C)C)c1NC(=O)c1cc(Cn2nnc(C(F)(F)F)n2)nn1-c1ncccc1Cl. The minimum Gasteiger partial charge on any atom is -0.345 e. The van der Waals surface area contributed by atoms with E-state index in [1.54, 1.807) is 13.0 Å². The van der Waals surface area contributed by atoms with Crippen LogP contribution >= 0.6 is 11.6 Å². The van der Waals surface area contributed by atoms with Crippen LogP contribution in [0.2, 0.25) is 5.02 Å². The Kier molecular flexibility index (Phi) is 7.32. The number of alkyl halides is 3. The molecule has 0 fully saturated rings. The van der Waals surface area contributed by atoms with E-state index in [-0.39, 0.29) is 45.6 Å². The van der Waals surface area contributed by atoms with Crippen molar-refractivity contribution in [3.63, 3.8) is 0 Å². The quantitative estimate of drug-likeness (QED) is 0.379. The van der Waals surface area contributed by atoms with E-state index < -0.39 is 23.8 Å². The average molecular weight is 559 g/mol. The minimum absolute atomic E-state index is 0.0687. The highest BCUT2D eigenvalue weighted by Gasteiger charge is 2.37. The molecule has 0 aliphatic heterocycles. The van der Waals surface area contributed by atoms with E-state index in [9.17, 15) is 28.0 Å². The van der Waals surface area contributed by atoms with E-state index in [0.29, 0.717) is 10.4 Å². The molecule has 0 saturated heterocycles. The molecule has 0 spiro atoms. The van der Waals surface area contributed by atoms with Crippen molar-refractivity contribution < 1.29 is 22.8 Å². The van der Waals surface area contributed by atoms with E-state index in [0.717, 1.165) is 4.68 Å². The molecule has 0 aliphatic rings. The molecule has 0 bridgehead atoms. The number of amides is 2. The minimum atomic E-state index is -4.79. The van der Waals surface area contributed by atoms with Gasteiger partial charge in [0.25, 0.3) is 17.6 Å². The number of halogens is 4. The molecule has 16 heteroatoms. The van der Waals surface area contributed by atoms with Crippen molar-refractivity contribution in [2.24, 2.45) is 0 Å². The number of carbonyl (C=O) groups is 2. The molecule has 3 heterocycles. The maximum absolute atomic E-state index is 13.5. The summed E-state index contributed by atoms with van der Waals surface area (Å²) >= 11 is 6.28. The molecule has 0 aliphatic carbocycles. The van der Waals surface area contributed by atoms with Crippen LogP contribution in [0.5, 0.6) is 0 Å². The molecule has 4 rings (SSSR count). The summed E-state index contributed by atoms with van der Waals surface area (Å²) in [5, 5.41) is 26.1. The zero-order chi connectivity index (χ0) is 28.5. The topological polar surface area (TPSA) is 148 Å². The van der Waals surface area contributed by atoms with Crippen LogP contribution in [0.25, 0.3) is 5.82 Å². The van der Waals surface area contributed by atoms with Gasteiger partial charge in [0.1, 0.15) is 12.2 Å². The average Bonchev–Trinajstić information content (AvgIpc) is 3.52. The molecule has 0 saturated carbocycles. The zero-order valence-corrected chi connectivity index (χ0v) is 21.3. The lowest BCUT2D eigenvalue weighted by Crippen LogP contribution is -2.25. The Morgan fingerprint density at radius 1 is 1.21 bits per heavy atom. The summed E-state index contributed by atoms with van der Waals surface area (Å²) < 4.78 is 39.8. The first kappa shape index (κ1) is 27.2. The molecule has 200 valence electrons. The van der Waals surface area contributed by atoms with Gasteiger partial charge >= 0.3 is 6.18 Å². The Hall–Kier alpha value is -4.84. The lowest BCUT2D eigenvalue weighted by Gasteiger charge is -2.17. The van der Waals surface area contributed by atoms with Gasteiger partial charge in [-0.15, -0.1) is 10.2 Å². The second kappa shape index (κ2) is 10.5. The van der Waals surface area contributed by atoms with Crippen LogP contribution in [0.15, 0.2) is 36.5 Å². The van der Waals surface area contributed by atoms with Crippen LogP contribution in [0.1, 0.15) is 43.5 Å². The third-order valence-corrected chi connectivity index (χ3v) is 5.58.